The maximum Gasteiger partial charge on any atom is 0.426 e. The second-order valence-electron chi connectivity index (χ2n) is 6.49. The van der Waals surface area contributed by atoms with Crippen LogP contribution in [0.3, 0.4) is 0 Å². The molecular formula is C16H14ClF4NO4. The molecule has 2 atom stereocenters. The molecule has 1 saturated carbocycles. The van der Waals surface area contributed by atoms with E-state index in [1.54, 1.807) is 13.8 Å². The van der Waals surface area contributed by atoms with Crippen molar-refractivity contribution in [3.05, 3.63) is 50.8 Å². The van der Waals surface area contributed by atoms with E-state index in [0.29, 0.717) is 0 Å². The fourth-order valence-corrected chi connectivity index (χ4v) is 2.86. The highest BCUT2D eigenvalue weighted by Gasteiger charge is 2.62. The molecule has 142 valence electrons. The Kier molecular flexibility index (Phi) is 5.32. The highest BCUT2D eigenvalue weighted by Crippen LogP contribution is 2.60. The first-order valence-corrected chi connectivity index (χ1v) is 7.77. The maximum absolute atomic E-state index is 13.5. The molecule has 1 aliphatic carbocycles. The first-order valence-electron chi connectivity index (χ1n) is 7.39. The molecule has 1 aromatic rings. The van der Waals surface area contributed by atoms with Crippen LogP contribution in [-0.2, 0) is 16.1 Å². The SMILES string of the molecule is CC1(C)C(C=C(Cl)C(F)(F)F)C1C(=O)OCc1ccc([N+](=O)[O-])c(F)c1. The minimum atomic E-state index is -4.69. The van der Waals surface area contributed by atoms with Crippen LogP contribution in [0.2, 0.25) is 0 Å². The third kappa shape index (κ3) is 4.14. The molecule has 0 radical (unpaired) electrons. The normalized spacial score (nSPS) is 22.0. The average molecular weight is 396 g/mol. The number of carbonyl (C=O) groups is 1. The molecular weight excluding hydrogens is 382 g/mol. The highest BCUT2D eigenvalue weighted by atomic mass is 35.5. The van der Waals surface area contributed by atoms with Crippen LogP contribution in [0.25, 0.3) is 0 Å². The van der Waals surface area contributed by atoms with Crippen molar-refractivity contribution in [2.45, 2.75) is 26.6 Å². The summed E-state index contributed by atoms with van der Waals surface area (Å²) in [6, 6.07) is 3.03. The fourth-order valence-electron chi connectivity index (χ4n) is 2.72. The van der Waals surface area contributed by atoms with Crippen molar-refractivity contribution in [2.75, 3.05) is 0 Å². The minimum absolute atomic E-state index is 0.181. The van der Waals surface area contributed by atoms with E-state index >= 15 is 0 Å². The first-order chi connectivity index (χ1) is 11.9. The van der Waals surface area contributed by atoms with Crippen molar-refractivity contribution < 1.29 is 32.0 Å². The van der Waals surface area contributed by atoms with Gasteiger partial charge in [-0.25, -0.2) is 0 Å². The minimum Gasteiger partial charge on any atom is -0.461 e. The number of ether oxygens (including phenoxy) is 1. The molecule has 0 aromatic heterocycles. The van der Waals surface area contributed by atoms with Crippen molar-refractivity contribution in [3.8, 4) is 0 Å². The van der Waals surface area contributed by atoms with Crippen LogP contribution < -0.4 is 0 Å². The number of nitro benzene ring substituents is 1. The number of nitrogens with zero attached hydrogens (tertiary/aromatic N) is 1. The molecule has 5 nitrogen and oxygen atoms in total. The van der Waals surface area contributed by atoms with E-state index in [1.807, 2.05) is 0 Å². The van der Waals surface area contributed by atoms with Gasteiger partial charge in [-0.2, -0.15) is 17.6 Å². The van der Waals surface area contributed by atoms with E-state index in [4.69, 9.17) is 16.3 Å². The van der Waals surface area contributed by atoms with Gasteiger partial charge in [-0.15, -0.1) is 0 Å². The number of alkyl halides is 3. The van der Waals surface area contributed by atoms with Gasteiger partial charge in [-0.05, 0) is 29.0 Å². The van der Waals surface area contributed by atoms with E-state index in [9.17, 15) is 32.5 Å². The molecule has 1 aromatic carbocycles. The quantitative estimate of drug-likeness (QED) is 0.313. The molecule has 26 heavy (non-hydrogen) atoms. The lowest BCUT2D eigenvalue weighted by molar-refractivity contribution is -0.387. The molecule has 2 unspecified atom stereocenters. The Morgan fingerprint density at radius 1 is 1.42 bits per heavy atom. The third-order valence-corrected chi connectivity index (χ3v) is 4.69. The summed E-state index contributed by atoms with van der Waals surface area (Å²) in [4.78, 5) is 21.8. The molecule has 10 heteroatoms. The van der Waals surface area contributed by atoms with E-state index < -0.39 is 50.9 Å². The first kappa shape index (κ1) is 20.2. The van der Waals surface area contributed by atoms with E-state index in [-0.39, 0.29) is 12.2 Å². The summed E-state index contributed by atoms with van der Waals surface area (Å²) in [6.45, 7) is 2.85. The summed E-state index contributed by atoms with van der Waals surface area (Å²) in [5, 5.41) is 9.24. The van der Waals surface area contributed by atoms with Crippen molar-refractivity contribution in [1.82, 2.24) is 0 Å². The zero-order chi connectivity index (χ0) is 19.9. The number of nitro groups is 1. The van der Waals surface area contributed by atoms with Gasteiger partial charge in [0.2, 0.25) is 5.82 Å². The molecule has 1 fully saturated rings. The summed E-state index contributed by atoms with van der Waals surface area (Å²) in [5.74, 6) is -3.38. The molecule has 0 spiro atoms. The summed E-state index contributed by atoms with van der Waals surface area (Å²) in [6.07, 6.45) is -3.90. The van der Waals surface area contributed by atoms with E-state index in [0.717, 1.165) is 18.2 Å². The summed E-state index contributed by atoms with van der Waals surface area (Å²) < 4.78 is 56.1. The molecule has 0 saturated heterocycles. The largest absolute Gasteiger partial charge is 0.461 e. The molecule has 0 N–H and O–H groups in total. The number of allylic oxidation sites excluding steroid dienone is 2. The molecule has 0 heterocycles. The van der Waals surface area contributed by atoms with Crippen molar-refractivity contribution in [2.24, 2.45) is 17.3 Å². The number of carbonyl (C=O) groups excluding carboxylic acids is 1. The van der Waals surface area contributed by atoms with E-state index in [1.165, 1.54) is 6.07 Å². The van der Waals surface area contributed by atoms with Crippen LogP contribution >= 0.6 is 11.6 Å². The summed E-state index contributed by atoms with van der Waals surface area (Å²) in [5.41, 5.74) is -1.29. The molecule has 0 bridgehead atoms. The van der Waals surface area contributed by atoms with E-state index in [2.05, 4.69) is 0 Å². The van der Waals surface area contributed by atoms with Crippen LogP contribution in [0.15, 0.2) is 29.3 Å². The fraction of sp³-hybridized carbons (Fsp3) is 0.438. The lowest BCUT2D eigenvalue weighted by atomic mass is 10.1. The smallest absolute Gasteiger partial charge is 0.426 e. The number of esters is 1. The summed E-state index contributed by atoms with van der Waals surface area (Å²) in [7, 11) is 0. The number of rotatable bonds is 5. The van der Waals surface area contributed by atoms with Crippen LogP contribution in [0.4, 0.5) is 23.2 Å². The van der Waals surface area contributed by atoms with Crippen molar-refractivity contribution in [1.29, 1.82) is 0 Å². The second-order valence-corrected chi connectivity index (χ2v) is 6.89. The Morgan fingerprint density at radius 2 is 2.04 bits per heavy atom. The molecule has 2 rings (SSSR count). The van der Waals surface area contributed by atoms with Gasteiger partial charge in [0.25, 0.3) is 0 Å². The van der Waals surface area contributed by atoms with Gasteiger partial charge in [0.05, 0.1) is 10.8 Å². The lowest BCUT2D eigenvalue weighted by Gasteiger charge is -2.06. The molecule has 0 aliphatic heterocycles. The topological polar surface area (TPSA) is 69.4 Å². The van der Waals surface area contributed by atoms with Gasteiger partial charge in [-0.1, -0.05) is 31.5 Å². The van der Waals surface area contributed by atoms with Gasteiger partial charge in [0.15, 0.2) is 0 Å². The Labute approximate surface area is 150 Å². The lowest BCUT2D eigenvalue weighted by Crippen LogP contribution is -2.11. The maximum atomic E-state index is 13.5. The Hall–Kier alpha value is -2.16. The Bertz CT molecular complexity index is 776. The predicted octanol–water partition coefficient (Wildman–Crippen LogP) is 4.73. The van der Waals surface area contributed by atoms with Crippen LogP contribution in [-0.4, -0.2) is 17.1 Å². The number of hydrogen-bond acceptors (Lipinski definition) is 4. The Balaban J connectivity index is 2.02. The zero-order valence-corrected chi connectivity index (χ0v) is 14.4. The van der Waals surface area contributed by atoms with Gasteiger partial charge in [0, 0.05) is 6.07 Å². The summed E-state index contributed by atoms with van der Waals surface area (Å²) >= 11 is 5.21. The standard InChI is InChI=1S/C16H14ClF4NO4/c1-15(2)9(6-12(17)16(19,20)21)13(15)14(23)26-7-8-3-4-11(22(24)25)10(18)5-8/h3-6,9,13H,7H2,1-2H3. The van der Waals surface area contributed by atoms with Crippen molar-refractivity contribution in [3.63, 3.8) is 0 Å². The van der Waals surface area contributed by atoms with Gasteiger partial charge >= 0.3 is 17.8 Å². The zero-order valence-electron chi connectivity index (χ0n) is 13.6. The number of hydrogen-bond donors (Lipinski definition) is 0. The monoisotopic (exact) mass is 395 g/mol. The van der Waals surface area contributed by atoms with Gasteiger partial charge < -0.3 is 4.74 Å². The molecule has 1 aliphatic rings. The van der Waals surface area contributed by atoms with Crippen molar-refractivity contribution >= 4 is 23.3 Å². The second kappa shape index (κ2) is 6.86. The number of halogens is 5. The predicted molar refractivity (Wildman–Crippen MR) is 83.6 cm³/mol. The third-order valence-electron chi connectivity index (χ3n) is 4.35. The average Bonchev–Trinajstić information content (AvgIpc) is 3.04. The highest BCUT2D eigenvalue weighted by molar-refractivity contribution is 6.30. The number of benzene rings is 1. The molecule has 0 amide bonds. The van der Waals surface area contributed by atoms with Crippen LogP contribution in [0.5, 0.6) is 0 Å². The van der Waals surface area contributed by atoms with Crippen LogP contribution in [0.1, 0.15) is 19.4 Å². The Morgan fingerprint density at radius 3 is 2.54 bits per heavy atom. The van der Waals surface area contributed by atoms with Gasteiger partial charge in [0.1, 0.15) is 11.6 Å². The van der Waals surface area contributed by atoms with Crippen LogP contribution in [0, 0.1) is 33.2 Å². The van der Waals surface area contributed by atoms with Gasteiger partial charge in [-0.3, -0.25) is 14.9 Å².